The summed E-state index contributed by atoms with van der Waals surface area (Å²) in [5, 5.41) is 21.4. The molecular formula is C63H47N9. The topological polar surface area (TPSA) is 156 Å². The maximum atomic E-state index is 10.7. The summed E-state index contributed by atoms with van der Waals surface area (Å²) in [6, 6.07) is 62.7. The first-order valence-electron chi connectivity index (χ1n) is 23.9. The average Bonchev–Trinajstić information content (AvgIpc) is 3.83. The number of nitrogens with two attached hydrogens (primary N) is 2. The van der Waals surface area contributed by atoms with Crippen LogP contribution in [0, 0.1) is 22.7 Å². The smallest absolute Gasteiger partial charge is 0.165 e. The lowest BCUT2D eigenvalue weighted by atomic mass is 9.91. The molecule has 1 aliphatic rings. The molecule has 0 aliphatic heterocycles. The van der Waals surface area contributed by atoms with E-state index in [2.05, 4.69) is 103 Å². The van der Waals surface area contributed by atoms with E-state index in [-0.39, 0.29) is 11.8 Å². The number of anilines is 2. The molecule has 11 rings (SSSR count). The molecular weight excluding hydrogens is 883 g/mol. The third-order valence-corrected chi connectivity index (χ3v) is 13.3. The Labute approximate surface area is 418 Å². The number of hydrogen-bond donors (Lipinski definition) is 2. The van der Waals surface area contributed by atoms with E-state index < -0.39 is 0 Å². The maximum absolute atomic E-state index is 10.7. The molecule has 9 nitrogen and oxygen atoms in total. The van der Waals surface area contributed by atoms with E-state index in [0.29, 0.717) is 56.7 Å². The second-order valence-electron chi connectivity index (χ2n) is 18.3. The molecule has 1 atom stereocenters. The molecule has 0 amide bonds. The Morgan fingerprint density at radius 1 is 0.514 bits per heavy atom. The summed E-state index contributed by atoms with van der Waals surface area (Å²) in [5.41, 5.74) is 28.7. The van der Waals surface area contributed by atoms with Gasteiger partial charge in [0.2, 0.25) is 0 Å². The number of allylic oxidation sites excluding steroid dienone is 4. The molecule has 0 radical (unpaired) electrons. The van der Waals surface area contributed by atoms with Gasteiger partial charge in [-0.3, -0.25) is 4.57 Å². The number of nitrogens with zero attached hydrogens (tertiary/aromatic N) is 7. The van der Waals surface area contributed by atoms with E-state index in [1.807, 2.05) is 121 Å². The van der Waals surface area contributed by atoms with Crippen molar-refractivity contribution in [2.45, 2.75) is 32.1 Å². The zero-order valence-corrected chi connectivity index (χ0v) is 39.7. The summed E-state index contributed by atoms with van der Waals surface area (Å²) < 4.78 is 2.24. The van der Waals surface area contributed by atoms with Crippen molar-refractivity contribution in [2.75, 3.05) is 11.5 Å². The van der Waals surface area contributed by atoms with Crippen molar-refractivity contribution in [3.63, 3.8) is 0 Å². The van der Waals surface area contributed by atoms with Gasteiger partial charge in [-0.25, -0.2) is 19.9 Å². The average molecular weight is 930 g/mol. The number of hydrogen-bond acceptors (Lipinski definition) is 8. The van der Waals surface area contributed by atoms with Gasteiger partial charge in [-0.2, -0.15) is 10.5 Å². The normalized spacial score (nSPS) is 13.0. The minimum Gasteiger partial charge on any atom is -0.399 e. The number of rotatable bonds is 10. The Morgan fingerprint density at radius 2 is 1.14 bits per heavy atom. The van der Waals surface area contributed by atoms with E-state index in [0.717, 1.165) is 73.5 Å². The molecule has 0 bridgehead atoms. The minimum absolute atomic E-state index is 0.109. The maximum Gasteiger partial charge on any atom is 0.165 e. The standard InChI is InChI=1S/C63H47N9/c1-39(2)63-68-57-30-24-46(41-15-8-4-9-16-41)35-59(57)72(63)58-36-51(66)25-28-54(58)55-34-45(23-29-56(55)67)44-21-26-52(49(32-44)37-64)47-22-27-53(50(33-47)38-65)62-70-60(42-17-10-5-11-18-42)69-61(71-62)48-20-12-19-43(31-48)40-13-6-3-7-14-40/h3-15,17-36,39,41H,16,66-67H2,1-2H3. The molecule has 1 aliphatic carbocycles. The summed E-state index contributed by atoms with van der Waals surface area (Å²) in [6.07, 6.45) is 9.59. The van der Waals surface area contributed by atoms with Gasteiger partial charge in [0.1, 0.15) is 5.82 Å². The third-order valence-electron chi connectivity index (χ3n) is 13.3. The molecule has 4 N–H and O–H groups in total. The second kappa shape index (κ2) is 19.0. The monoisotopic (exact) mass is 929 g/mol. The van der Waals surface area contributed by atoms with Gasteiger partial charge in [0.05, 0.1) is 40.0 Å². The van der Waals surface area contributed by atoms with Crippen molar-refractivity contribution in [2.24, 2.45) is 0 Å². The van der Waals surface area contributed by atoms with E-state index in [1.54, 1.807) is 6.07 Å². The highest BCUT2D eigenvalue weighted by Crippen LogP contribution is 2.41. The number of aromatic nitrogens is 5. The predicted molar refractivity (Wildman–Crippen MR) is 290 cm³/mol. The number of nitriles is 2. The second-order valence-corrected chi connectivity index (χ2v) is 18.3. The van der Waals surface area contributed by atoms with E-state index in [9.17, 15) is 10.5 Å². The van der Waals surface area contributed by atoms with Crippen LogP contribution in [0.4, 0.5) is 11.4 Å². The van der Waals surface area contributed by atoms with Gasteiger partial charge in [0, 0.05) is 51.0 Å². The lowest BCUT2D eigenvalue weighted by Gasteiger charge is -2.19. The van der Waals surface area contributed by atoms with Gasteiger partial charge in [-0.15, -0.1) is 0 Å². The summed E-state index contributed by atoms with van der Waals surface area (Å²) in [7, 11) is 0. The van der Waals surface area contributed by atoms with Crippen LogP contribution in [0.5, 0.6) is 0 Å². The number of fused-ring (bicyclic) bond motifs is 1. The van der Waals surface area contributed by atoms with Gasteiger partial charge in [0.15, 0.2) is 17.5 Å². The number of imidazole rings is 1. The van der Waals surface area contributed by atoms with Gasteiger partial charge < -0.3 is 11.5 Å². The summed E-state index contributed by atoms with van der Waals surface area (Å²) in [5.74, 6) is 2.65. The molecule has 72 heavy (non-hydrogen) atoms. The molecule has 1 unspecified atom stereocenters. The van der Waals surface area contributed by atoms with E-state index in [1.165, 1.54) is 5.56 Å². The van der Waals surface area contributed by atoms with Crippen LogP contribution in [0.3, 0.4) is 0 Å². The molecule has 8 aromatic carbocycles. The number of benzene rings is 8. The zero-order valence-electron chi connectivity index (χ0n) is 39.7. The molecule has 344 valence electrons. The fourth-order valence-electron chi connectivity index (χ4n) is 9.62. The highest BCUT2D eigenvalue weighted by Gasteiger charge is 2.23. The van der Waals surface area contributed by atoms with Crippen LogP contribution < -0.4 is 11.5 Å². The summed E-state index contributed by atoms with van der Waals surface area (Å²) in [6.45, 7) is 4.31. The molecule has 0 saturated carbocycles. The quantitative estimate of drug-likeness (QED) is 0.128. The third kappa shape index (κ3) is 8.57. The van der Waals surface area contributed by atoms with Crippen LogP contribution in [0.2, 0.25) is 0 Å². The molecule has 10 aromatic rings. The first-order chi connectivity index (χ1) is 35.2. The SMILES string of the molecule is CC(C)c1nc2ccc(C3C=CC=CC3)cc2n1-c1cc(N)ccc1-c1cc(-c2ccc(-c3ccc(-c4nc(-c5ccccc5)nc(-c5cccc(-c6ccccc6)c5)n4)c(C#N)c3)c(C#N)c2)ccc1N. The van der Waals surface area contributed by atoms with Crippen molar-refractivity contribution < 1.29 is 0 Å². The van der Waals surface area contributed by atoms with Crippen molar-refractivity contribution in [3.8, 4) is 96.5 Å². The Balaban J connectivity index is 0.959. The van der Waals surface area contributed by atoms with Crippen LogP contribution in [0.25, 0.3) is 95.4 Å². The van der Waals surface area contributed by atoms with Crippen LogP contribution in [0.1, 0.15) is 54.6 Å². The first-order valence-corrected chi connectivity index (χ1v) is 23.9. The minimum atomic E-state index is 0.109. The summed E-state index contributed by atoms with van der Waals surface area (Å²) in [4.78, 5) is 20.0. The van der Waals surface area contributed by atoms with Crippen molar-refractivity contribution in [1.82, 2.24) is 24.5 Å². The van der Waals surface area contributed by atoms with Gasteiger partial charge in [-0.05, 0) is 106 Å². The van der Waals surface area contributed by atoms with Crippen LogP contribution in [0.15, 0.2) is 200 Å². The number of nitrogen functional groups attached to an aromatic ring is 2. The Kier molecular flexibility index (Phi) is 11.8. The fourth-order valence-corrected chi connectivity index (χ4v) is 9.62. The molecule has 0 saturated heterocycles. The molecule has 2 heterocycles. The van der Waals surface area contributed by atoms with Crippen molar-refractivity contribution in [1.29, 1.82) is 10.5 Å². The molecule has 9 heteroatoms. The molecule has 2 aromatic heterocycles. The molecule has 0 spiro atoms. The van der Waals surface area contributed by atoms with Gasteiger partial charge >= 0.3 is 0 Å². The lowest BCUT2D eigenvalue weighted by Crippen LogP contribution is -2.06. The first kappa shape index (κ1) is 44.8. The molecule has 0 fully saturated rings. The van der Waals surface area contributed by atoms with E-state index in [4.69, 9.17) is 31.4 Å². The van der Waals surface area contributed by atoms with E-state index >= 15 is 0 Å². The highest BCUT2D eigenvalue weighted by molar-refractivity contribution is 5.90. The predicted octanol–water partition coefficient (Wildman–Crippen LogP) is 14.5. The Hall–Kier alpha value is -9.70. The zero-order chi connectivity index (χ0) is 49.3. The Morgan fingerprint density at radius 3 is 1.89 bits per heavy atom. The van der Waals surface area contributed by atoms with Crippen molar-refractivity contribution >= 4 is 22.4 Å². The highest BCUT2D eigenvalue weighted by atomic mass is 15.1. The lowest BCUT2D eigenvalue weighted by molar-refractivity contribution is 0.760. The van der Waals surface area contributed by atoms with Crippen LogP contribution in [-0.4, -0.2) is 24.5 Å². The van der Waals surface area contributed by atoms with Crippen molar-refractivity contribution in [3.05, 3.63) is 223 Å². The summed E-state index contributed by atoms with van der Waals surface area (Å²) >= 11 is 0. The van der Waals surface area contributed by atoms with Crippen LogP contribution in [-0.2, 0) is 0 Å². The van der Waals surface area contributed by atoms with Gasteiger partial charge in [-0.1, -0.05) is 153 Å². The van der Waals surface area contributed by atoms with Gasteiger partial charge in [0.25, 0.3) is 0 Å². The Bertz CT molecular complexity index is 3870. The van der Waals surface area contributed by atoms with Crippen LogP contribution >= 0.6 is 0 Å². The fraction of sp³-hybridized carbons (Fsp3) is 0.0794. The largest absolute Gasteiger partial charge is 0.399 e.